The van der Waals surface area contributed by atoms with Gasteiger partial charge in [-0.15, -0.1) is 0 Å². The molecule has 1 heterocycles. The van der Waals surface area contributed by atoms with Crippen molar-refractivity contribution in [2.75, 3.05) is 6.54 Å². The number of alkyl halides is 3. The first kappa shape index (κ1) is 14.1. The lowest BCUT2D eigenvalue weighted by Crippen LogP contribution is -2.24. The maximum absolute atomic E-state index is 13.7. The van der Waals surface area contributed by atoms with E-state index in [4.69, 9.17) is 0 Å². The zero-order valence-electron chi connectivity index (χ0n) is 11.1. The van der Waals surface area contributed by atoms with Crippen molar-refractivity contribution in [3.63, 3.8) is 0 Å². The molecule has 2 aromatic carbocycles. The van der Waals surface area contributed by atoms with Crippen LogP contribution >= 0.6 is 0 Å². The first-order valence-electron chi connectivity index (χ1n) is 6.65. The average Bonchev–Trinajstić information content (AvgIpc) is 2.45. The molecule has 0 aromatic heterocycles. The van der Waals surface area contributed by atoms with Gasteiger partial charge in [0.1, 0.15) is 5.82 Å². The summed E-state index contributed by atoms with van der Waals surface area (Å²) in [5, 5.41) is 3.23. The molecule has 1 aliphatic heterocycles. The van der Waals surface area contributed by atoms with Gasteiger partial charge in [-0.25, -0.2) is 4.39 Å². The van der Waals surface area contributed by atoms with Crippen LogP contribution in [0.1, 0.15) is 16.7 Å². The van der Waals surface area contributed by atoms with Gasteiger partial charge in [0.15, 0.2) is 0 Å². The van der Waals surface area contributed by atoms with Crippen LogP contribution in [0.2, 0.25) is 0 Å². The van der Waals surface area contributed by atoms with Crippen molar-refractivity contribution >= 4 is 0 Å². The Hall–Kier alpha value is -1.88. The highest BCUT2D eigenvalue weighted by Gasteiger charge is 2.34. The van der Waals surface area contributed by atoms with Crippen molar-refractivity contribution < 1.29 is 17.6 Å². The first-order valence-corrected chi connectivity index (χ1v) is 6.65. The van der Waals surface area contributed by atoms with Gasteiger partial charge in [0.2, 0.25) is 0 Å². The minimum Gasteiger partial charge on any atom is -0.312 e. The molecule has 110 valence electrons. The average molecular weight is 295 g/mol. The third-order valence-electron chi connectivity index (χ3n) is 3.73. The fourth-order valence-electron chi connectivity index (χ4n) is 2.70. The van der Waals surface area contributed by atoms with E-state index in [2.05, 4.69) is 5.32 Å². The Balaban J connectivity index is 2.08. The summed E-state index contributed by atoms with van der Waals surface area (Å²) in [6, 6.07) is 8.77. The number of nitrogens with one attached hydrogen (secondary N) is 1. The minimum absolute atomic E-state index is 0.473. The maximum Gasteiger partial charge on any atom is 0.419 e. The van der Waals surface area contributed by atoms with Gasteiger partial charge in [-0.1, -0.05) is 24.3 Å². The largest absolute Gasteiger partial charge is 0.419 e. The topological polar surface area (TPSA) is 12.0 Å². The van der Waals surface area contributed by atoms with Crippen LogP contribution in [0.3, 0.4) is 0 Å². The number of hydrogen-bond donors (Lipinski definition) is 1. The third-order valence-corrected chi connectivity index (χ3v) is 3.73. The lowest BCUT2D eigenvalue weighted by Gasteiger charge is -2.21. The summed E-state index contributed by atoms with van der Waals surface area (Å²) >= 11 is 0. The summed E-state index contributed by atoms with van der Waals surface area (Å²) in [7, 11) is 0. The number of fused-ring (bicyclic) bond motifs is 1. The highest BCUT2D eigenvalue weighted by atomic mass is 19.4. The molecule has 2 aromatic rings. The second kappa shape index (κ2) is 5.15. The molecule has 1 nitrogen and oxygen atoms in total. The zero-order chi connectivity index (χ0) is 15.0. The molecule has 0 spiro atoms. The molecule has 3 rings (SSSR count). The molecule has 0 bridgehead atoms. The Labute approximate surface area is 119 Å². The normalized spacial score (nSPS) is 14.9. The van der Waals surface area contributed by atoms with E-state index >= 15 is 0 Å². The molecule has 0 fully saturated rings. The molecule has 21 heavy (non-hydrogen) atoms. The van der Waals surface area contributed by atoms with Gasteiger partial charge in [-0.05, 0) is 47.4 Å². The Kier molecular flexibility index (Phi) is 3.45. The maximum atomic E-state index is 13.7. The van der Waals surface area contributed by atoms with E-state index in [1.165, 1.54) is 6.07 Å². The van der Waals surface area contributed by atoms with Crippen LogP contribution in [0, 0.1) is 5.82 Å². The summed E-state index contributed by atoms with van der Waals surface area (Å²) in [5.41, 5.74) is 2.22. The summed E-state index contributed by atoms with van der Waals surface area (Å²) in [6.07, 6.45) is -3.80. The Morgan fingerprint density at radius 1 is 1.05 bits per heavy atom. The second-order valence-corrected chi connectivity index (χ2v) is 5.06. The van der Waals surface area contributed by atoms with E-state index in [-0.39, 0.29) is 0 Å². The highest BCUT2D eigenvalue weighted by molar-refractivity contribution is 5.69. The number of rotatable bonds is 1. The number of hydrogen-bond acceptors (Lipinski definition) is 1. The van der Waals surface area contributed by atoms with Crippen molar-refractivity contribution in [3.05, 3.63) is 58.9 Å². The molecule has 0 saturated carbocycles. The number of benzene rings is 2. The van der Waals surface area contributed by atoms with E-state index < -0.39 is 17.6 Å². The monoisotopic (exact) mass is 295 g/mol. The molecule has 1 aliphatic rings. The standard InChI is InChI=1S/C16H13F4N/c17-15-8-11(4-5-14(15)16(18,19)20)12-3-1-2-10-6-7-21-9-13(10)12/h1-5,8,21H,6-7,9H2. The molecule has 0 unspecified atom stereocenters. The van der Waals surface area contributed by atoms with Crippen LogP contribution in [0.4, 0.5) is 17.6 Å². The van der Waals surface area contributed by atoms with Gasteiger partial charge < -0.3 is 5.32 Å². The molecule has 0 amide bonds. The second-order valence-electron chi connectivity index (χ2n) is 5.06. The molecular weight excluding hydrogens is 282 g/mol. The summed E-state index contributed by atoms with van der Waals surface area (Å²) in [4.78, 5) is 0. The van der Waals surface area contributed by atoms with Crippen LogP contribution in [0.5, 0.6) is 0 Å². The molecule has 0 saturated heterocycles. The lowest BCUT2D eigenvalue weighted by molar-refractivity contribution is -0.139. The first-order chi connectivity index (χ1) is 9.97. The molecule has 0 aliphatic carbocycles. The lowest BCUT2D eigenvalue weighted by atomic mass is 9.91. The van der Waals surface area contributed by atoms with Crippen LogP contribution < -0.4 is 5.32 Å². The van der Waals surface area contributed by atoms with Crippen molar-refractivity contribution in [2.24, 2.45) is 0 Å². The zero-order valence-corrected chi connectivity index (χ0v) is 11.1. The van der Waals surface area contributed by atoms with Crippen LogP contribution in [-0.4, -0.2) is 6.54 Å². The van der Waals surface area contributed by atoms with Gasteiger partial charge >= 0.3 is 6.18 Å². The Morgan fingerprint density at radius 2 is 1.86 bits per heavy atom. The van der Waals surface area contributed by atoms with E-state index in [9.17, 15) is 17.6 Å². The molecule has 0 radical (unpaired) electrons. The van der Waals surface area contributed by atoms with E-state index in [1.807, 2.05) is 18.2 Å². The summed E-state index contributed by atoms with van der Waals surface area (Å²) in [5.74, 6) is -1.23. The van der Waals surface area contributed by atoms with Crippen LogP contribution in [0.15, 0.2) is 36.4 Å². The van der Waals surface area contributed by atoms with E-state index in [0.29, 0.717) is 12.1 Å². The van der Waals surface area contributed by atoms with Gasteiger partial charge in [-0.3, -0.25) is 0 Å². The van der Waals surface area contributed by atoms with Gasteiger partial charge in [0, 0.05) is 6.54 Å². The summed E-state index contributed by atoms with van der Waals surface area (Å²) in [6.45, 7) is 1.52. The van der Waals surface area contributed by atoms with Crippen LogP contribution in [0.25, 0.3) is 11.1 Å². The van der Waals surface area contributed by atoms with Gasteiger partial charge in [0.05, 0.1) is 5.56 Å². The Morgan fingerprint density at radius 3 is 2.57 bits per heavy atom. The fourth-order valence-corrected chi connectivity index (χ4v) is 2.70. The van der Waals surface area contributed by atoms with Crippen LogP contribution in [-0.2, 0) is 19.1 Å². The predicted octanol–water partition coefficient (Wildman–Crippen LogP) is 4.16. The van der Waals surface area contributed by atoms with Crippen molar-refractivity contribution in [2.45, 2.75) is 19.1 Å². The highest BCUT2D eigenvalue weighted by Crippen LogP contribution is 2.35. The molecular formula is C16H13F4N. The fraction of sp³-hybridized carbons (Fsp3) is 0.250. The quantitative estimate of drug-likeness (QED) is 0.779. The third kappa shape index (κ3) is 2.65. The molecule has 1 N–H and O–H groups in total. The minimum atomic E-state index is -4.67. The Bertz CT molecular complexity index is 676. The van der Waals surface area contributed by atoms with Crippen molar-refractivity contribution in [1.29, 1.82) is 0 Å². The van der Waals surface area contributed by atoms with E-state index in [1.54, 1.807) is 0 Å². The smallest absolute Gasteiger partial charge is 0.312 e. The van der Waals surface area contributed by atoms with Gasteiger partial charge in [-0.2, -0.15) is 13.2 Å². The predicted molar refractivity (Wildman–Crippen MR) is 72.2 cm³/mol. The molecule has 0 atom stereocenters. The molecule has 5 heteroatoms. The van der Waals surface area contributed by atoms with Crippen molar-refractivity contribution in [3.8, 4) is 11.1 Å². The van der Waals surface area contributed by atoms with Crippen molar-refractivity contribution in [1.82, 2.24) is 5.32 Å². The summed E-state index contributed by atoms with van der Waals surface area (Å²) < 4.78 is 51.5. The van der Waals surface area contributed by atoms with Gasteiger partial charge in [0.25, 0.3) is 0 Å². The van der Waals surface area contributed by atoms with E-state index in [0.717, 1.165) is 41.8 Å². The number of halogens is 4. The SMILES string of the molecule is Fc1cc(-c2cccc3c2CNCC3)ccc1C(F)(F)F.